The van der Waals surface area contributed by atoms with E-state index in [1.54, 1.807) is 12.1 Å². The number of carbonyl (C=O) groups excluding carboxylic acids is 4. The highest BCUT2D eigenvalue weighted by Gasteiger charge is 2.72. The minimum atomic E-state index is -1.79. The van der Waals surface area contributed by atoms with Crippen LogP contribution >= 0.6 is 0 Å². The van der Waals surface area contributed by atoms with E-state index in [9.17, 15) is 34.2 Å². The number of ether oxygens (including phenoxy) is 5. The Kier molecular flexibility index (Phi) is 7.66. The number of carboxylic acids is 1. The van der Waals surface area contributed by atoms with Crippen LogP contribution in [0.2, 0.25) is 0 Å². The number of aromatic hydroxyl groups is 1. The van der Waals surface area contributed by atoms with E-state index in [4.69, 9.17) is 24.1 Å². The molecule has 1 heterocycles. The van der Waals surface area contributed by atoms with Gasteiger partial charge in [-0.3, -0.25) is 9.59 Å². The second-order valence-electron chi connectivity index (χ2n) is 11.8. The Morgan fingerprint density at radius 3 is 2.44 bits per heavy atom. The lowest BCUT2D eigenvalue weighted by Gasteiger charge is -2.61. The van der Waals surface area contributed by atoms with Crippen molar-refractivity contribution < 1.29 is 63.0 Å². The van der Waals surface area contributed by atoms with Gasteiger partial charge in [0, 0.05) is 12.5 Å². The van der Waals surface area contributed by atoms with E-state index in [0.29, 0.717) is 12.8 Å². The molecule has 1 aromatic carbocycles. The summed E-state index contributed by atoms with van der Waals surface area (Å²) in [6, 6.07) is 3.39. The molecule has 4 aliphatic rings. The zero-order valence-corrected chi connectivity index (χ0v) is 24.2. The minimum absolute atomic E-state index is 0.0841. The van der Waals surface area contributed by atoms with Crippen LogP contribution in [0.25, 0.3) is 0 Å². The third-order valence-corrected chi connectivity index (χ3v) is 9.15. The number of phenolic OH excluding ortho intramolecular Hbond substituents is 1. The van der Waals surface area contributed by atoms with Gasteiger partial charge in [0.1, 0.15) is 5.76 Å². The van der Waals surface area contributed by atoms with Gasteiger partial charge in [-0.15, -0.1) is 0 Å². The van der Waals surface area contributed by atoms with E-state index in [1.807, 2.05) is 6.07 Å². The van der Waals surface area contributed by atoms with Crippen LogP contribution in [-0.4, -0.2) is 75.2 Å². The van der Waals surface area contributed by atoms with Gasteiger partial charge in [0.15, 0.2) is 29.8 Å². The predicted octanol–water partition coefficient (Wildman–Crippen LogP) is 1.82. The van der Waals surface area contributed by atoms with Gasteiger partial charge in [0.05, 0.1) is 17.4 Å². The first-order chi connectivity index (χ1) is 20.2. The zero-order valence-electron chi connectivity index (χ0n) is 24.2. The summed E-state index contributed by atoms with van der Waals surface area (Å²) < 4.78 is 26.6. The lowest BCUT2D eigenvalue weighted by Crippen LogP contribution is -2.69. The monoisotopic (exact) mass is 602 g/mol. The number of hydrogen-bond donors (Lipinski definition) is 3. The second kappa shape index (κ2) is 10.9. The Bertz CT molecular complexity index is 1410. The lowest BCUT2D eigenvalue weighted by atomic mass is 9.45. The summed E-state index contributed by atoms with van der Waals surface area (Å²) in [5.41, 5.74) is -0.478. The Balaban J connectivity index is 1.34. The summed E-state index contributed by atoms with van der Waals surface area (Å²) in [6.07, 6.45) is -2.88. The van der Waals surface area contributed by atoms with Crippen molar-refractivity contribution in [2.75, 3.05) is 0 Å². The standard InChI is InChI=1S/C30H34O13/c1-13-7-9-29-23-17-5-6-19(32)24(23)43-25(29)20(8-10-30(29,38)18(13)11-17)42-22(33)12-21(41-16(4)31)28(37)40-15(3)27(36)39-14(2)26(34)35/h5-6,8,13-15,18,21,25,32,38H,7,9-12H2,1-4H3,(H,34,35)/t13?,14-,15-,18-,21-,25-,29-,30+/m0/s1. The molecule has 0 amide bonds. The molecular weight excluding hydrogens is 568 g/mol. The number of aliphatic hydroxyl groups is 1. The maximum Gasteiger partial charge on any atom is 0.348 e. The fraction of sp³-hybridized carbons (Fsp3) is 0.567. The van der Waals surface area contributed by atoms with Crippen LogP contribution in [0.3, 0.4) is 0 Å². The zero-order chi connectivity index (χ0) is 31.4. The van der Waals surface area contributed by atoms with Crippen LogP contribution in [0.15, 0.2) is 24.0 Å². The highest BCUT2D eigenvalue weighted by Crippen LogP contribution is 2.68. The molecule has 1 fully saturated rings. The maximum absolute atomic E-state index is 13.2. The molecule has 1 aromatic rings. The van der Waals surface area contributed by atoms with E-state index in [0.717, 1.165) is 38.3 Å². The van der Waals surface area contributed by atoms with Gasteiger partial charge in [-0.05, 0) is 69.1 Å². The third kappa shape index (κ3) is 4.89. The van der Waals surface area contributed by atoms with E-state index < -0.39 is 71.7 Å². The SMILES string of the molecule is CC(=O)O[C@@H](CC(=O)OC1=CC[C@@]2(O)[C@H]3Cc4ccc(O)c5c4[C@@]2(CCC3C)[C@H]1O5)C(=O)O[C@@H](C)C(=O)O[C@@H](C)C(=O)O. The highest BCUT2D eigenvalue weighted by molar-refractivity contribution is 5.87. The van der Waals surface area contributed by atoms with Crippen molar-refractivity contribution in [3.63, 3.8) is 0 Å². The topological polar surface area (TPSA) is 192 Å². The lowest BCUT2D eigenvalue weighted by molar-refractivity contribution is -0.183. The van der Waals surface area contributed by atoms with E-state index in [2.05, 4.69) is 11.7 Å². The van der Waals surface area contributed by atoms with E-state index >= 15 is 0 Å². The molecule has 1 aliphatic heterocycles. The molecule has 3 N–H and O–H groups in total. The van der Waals surface area contributed by atoms with Crippen molar-refractivity contribution in [2.45, 2.75) is 95.2 Å². The van der Waals surface area contributed by atoms with Gasteiger partial charge < -0.3 is 39.0 Å². The number of esters is 4. The molecule has 43 heavy (non-hydrogen) atoms. The van der Waals surface area contributed by atoms with Gasteiger partial charge in [0.2, 0.25) is 6.10 Å². The van der Waals surface area contributed by atoms with Crippen LogP contribution in [0, 0.1) is 11.8 Å². The average molecular weight is 603 g/mol. The molecule has 8 atom stereocenters. The Morgan fingerprint density at radius 1 is 1.07 bits per heavy atom. The summed E-state index contributed by atoms with van der Waals surface area (Å²) in [5.74, 6) is -5.30. The largest absolute Gasteiger partial charge is 0.504 e. The van der Waals surface area contributed by atoms with Gasteiger partial charge in [-0.1, -0.05) is 13.0 Å². The molecule has 1 spiro atoms. The van der Waals surface area contributed by atoms with Crippen molar-refractivity contribution in [3.05, 3.63) is 35.1 Å². The first-order valence-electron chi connectivity index (χ1n) is 14.2. The Hall–Kier alpha value is -4.13. The second-order valence-corrected chi connectivity index (χ2v) is 11.8. The van der Waals surface area contributed by atoms with Crippen molar-refractivity contribution in [3.8, 4) is 11.5 Å². The van der Waals surface area contributed by atoms with Gasteiger partial charge >= 0.3 is 29.8 Å². The van der Waals surface area contributed by atoms with Crippen LogP contribution in [0.4, 0.5) is 0 Å². The molecule has 2 bridgehead atoms. The molecule has 13 nitrogen and oxygen atoms in total. The Morgan fingerprint density at radius 2 is 1.77 bits per heavy atom. The molecule has 0 aromatic heterocycles. The third-order valence-electron chi connectivity index (χ3n) is 9.15. The molecule has 232 valence electrons. The summed E-state index contributed by atoms with van der Waals surface area (Å²) in [7, 11) is 0. The number of aliphatic carboxylic acids is 1. The number of hydrogen-bond acceptors (Lipinski definition) is 12. The molecular formula is C30H34O13. The van der Waals surface area contributed by atoms with Gasteiger partial charge in [-0.2, -0.15) is 0 Å². The van der Waals surface area contributed by atoms with Crippen LogP contribution < -0.4 is 4.74 Å². The highest BCUT2D eigenvalue weighted by atomic mass is 16.6. The van der Waals surface area contributed by atoms with Gasteiger partial charge in [0.25, 0.3) is 0 Å². The summed E-state index contributed by atoms with van der Waals surface area (Å²) in [4.78, 5) is 60.7. The first kappa shape index (κ1) is 30.3. The molecule has 13 heteroatoms. The fourth-order valence-electron chi connectivity index (χ4n) is 7.13. The fourth-order valence-corrected chi connectivity index (χ4v) is 7.13. The number of phenols is 1. The van der Waals surface area contributed by atoms with Crippen molar-refractivity contribution in [1.29, 1.82) is 0 Å². The summed E-state index contributed by atoms with van der Waals surface area (Å²) in [5, 5.41) is 31.8. The number of rotatable bonds is 9. The number of carboxylic acid groups (broad SMARTS) is 1. The predicted molar refractivity (Wildman–Crippen MR) is 142 cm³/mol. The number of benzene rings is 1. The summed E-state index contributed by atoms with van der Waals surface area (Å²) >= 11 is 0. The summed E-state index contributed by atoms with van der Waals surface area (Å²) in [6.45, 7) is 5.36. The van der Waals surface area contributed by atoms with Crippen molar-refractivity contribution in [1.82, 2.24) is 0 Å². The molecule has 1 saturated carbocycles. The number of carbonyl (C=O) groups is 5. The average Bonchev–Trinajstić information content (AvgIpc) is 3.29. The quantitative estimate of drug-likeness (QED) is 0.274. The smallest absolute Gasteiger partial charge is 0.348 e. The van der Waals surface area contributed by atoms with Crippen molar-refractivity contribution >= 4 is 29.8 Å². The molecule has 0 saturated heterocycles. The molecule has 5 rings (SSSR count). The van der Waals surface area contributed by atoms with Crippen LogP contribution in [0.5, 0.6) is 11.5 Å². The van der Waals surface area contributed by atoms with Crippen LogP contribution in [-0.2, 0) is 54.8 Å². The van der Waals surface area contributed by atoms with Crippen molar-refractivity contribution in [2.24, 2.45) is 11.8 Å². The Labute approximate surface area is 246 Å². The molecule has 3 aliphatic carbocycles. The maximum atomic E-state index is 13.2. The normalized spacial score (nSPS) is 29.9. The first-order valence-corrected chi connectivity index (χ1v) is 14.2. The molecule has 1 unspecified atom stereocenters. The van der Waals surface area contributed by atoms with Gasteiger partial charge in [-0.25, -0.2) is 14.4 Å². The van der Waals surface area contributed by atoms with Crippen LogP contribution in [0.1, 0.15) is 64.5 Å². The van der Waals surface area contributed by atoms with E-state index in [-0.39, 0.29) is 35.5 Å². The van der Waals surface area contributed by atoms with E-state index in [1.165, 1.54) is 0 Å². The minimum Gasteiger partial charge on any atom is -0.504 e. The molecule has 0 radical (unpaired) electrons.